The fourth-order valence-electron chi connectivity index (χ4n) is 10.0. The summed E-state index contributed by atoms with van der Waals surface area (Å²) in [6, 6.07) is 31.3. The molecule has 0 heterocycles. The van der Waals surface area contributed by atoms with Gasteiger partial charge in [0.25, 0.3) is 0 Å². The van der Waals surface area contributed by atoms with Crippen molar-refractivity contribution in [2.75, 3.05) is 0 Å². The van der Waals surface area contributed by atoms with Crippen LogP contribution in [0.5, 0.6) is 5.75 Å². The van der Waals surface area contributed by atoms with Crippen molar-refractivity contribution in [1.82, 2.24) is 0 Å². The summed E-state index contributed by atoms with van der Waals surface area (Å²) in [6.45, 7) is 0. The maximum Gasteiger partial charge on any atom is 0.317 e. The number of benzene rings is 4. The monoisotopic (exact) mass is 554 g/mol. The van der Waals surface area contributed by atoms with E-state index < -0.39 is 5.41 Å². The molecule has 4 nitrogen and oxygen atoms in total. The van der Waals surface area contributed by atoms with E-state index in [-0.39, 0.29) is 47.6 Å². The second-order valence-electron chi connectivity index (χ2n) is 13.6. The molecular formula is C38H34O4. The van der Waals surface area contributed by atoms with E-state index in [1.54, 1.807) is 0 Å². The minimum Gasteiger partial charge on any atom is -0.462 e. The van der Waals surface area contributed by atoms with Gasteiger partial charge in [0, 0.05) is 17.2 Å². The molecule has 4 aromatic carbocycles. The van der Waals surface area contributed by atoms with Gasteiger partial charge < -0.3 is 9.47 Å². The summed E-state index contributed by atoms with van der Waals surface area (Å²) in [5, 5.41) is 2.04. The summed E-state index contributed by atoms with van der Waals surface area (Å²) in [6.07, 6.45) is 5.19. The first-order valence-electron chi connectivity index (χ1n) is 15.7. The zero-order valence-electron chi connectivity index (χ0n) is 23.6. The zero-order chi connectivity index (χ0) is 28.0. The quantitative estimate of drug-likeness (QED) is 0.191. The number of ether oxygens (including phenoxy) is 2. The standard InChI is InChI=1S/C38H34O4/c39-36(32-18-31-27-11-3-5-13-29(27)34(32)30-14-6-4-12-28(30)31)42-35-24-16-22-17-25(35)21-38(19-22,20-24)37(40)41-33-15-7-9-23-8-1-2-10-26(23)33/h1-15,22,24-25,31-32,34-35H,16-21H2. The summed E-state index contributed by atoms with van der Waals surface area (Å²) < 4.78 is 12.7. The molecule has 3 unspecified atom stereocenters. The Morgan fingerprint density at radius 2 is 1.29 bits per heavy atom. The third-order valence-corrected chi connectivity index (χ3v) is 11.4. The number of hydrogen-bond donors (Lipinski definition) is 0. The van der Waals surface area contributed by atoms with Crippen LogP contribution in [-0.4, -0.2) is 18.0 Å². The van der Waals surface area contributed by atoms with Crippen LogP contribution in [0.3, 0.4) is 0 Å². The van der Waals surface area contributed by atoms with Gasteiger partial charge >= 0.3 is 11.9 Å². The predicted octanol–water partition coefficient (Wildman–Crippen LogP) is 7.78. The van der Waals surface area contributed by atoms with Crippen LogP contribution in [0.25, 0.3) is 10.8 Å². The lowest BCUT2D eigenvalue weighted by molar-refractivity contribution is -0.194. The van der Waals surface area contributed by atoms with Gasteiger partial charge in [-0.15, -0.1) is 0 Å². The minimum atomic E-state index is -0.474. The number of rotatable bonds is 4. The summed E-state index contributed by atoms with van der Waals surface area (Å²) in [5.74, 6) is 1.58. The van der Waals surface area contributed by atoms with Gasteiger partial charge in [-0.3, -0.25) is 9.59 Å². The van der Waals surface area contributed by atoms with Crippen molar-refractivity contribution in [2.45, 2.75) is 56.5 Å². The van der Waals surface area contributed by atoms with Crippen molar-refractivity contribution < 1.29 is 19.1 Å². The highest BCUT2D eigenvalue weighted by Crippen LogP contribution is 2.62. The molecule has 0 radical (unpaired) electrons. The van der Waals surface area contributed by atoms with Gasteiger partial charge in [-0.05, 0) is 90.0 Å². The van der Waals surface area contributed by atoms with E-state index in [4.69, 9.17) is 9.47 Å². The molecule has 4 heteroatoms. The minimum absolute atomic E-state index is 0.0427. The molecule has 0 aromatic heterocycles. The smallest absolute Gasteiger partial charge is 0.317 e. The van der Waals surface area contributed by atoms with Crippen LogP contribution in [0, 0.1) is 29.1 Å². The number of carbonyl (C=O) groups excluding carboxylic acids is 2. The van der Waals surface area contributed by atoms with E-state index in [9.17, 15) is 9.59 Å². The molecule has 0 N–H and O–H groups in total. The lowest BCUT2D eigenvalue weighted by Crippen LogP contribution is -2.58. The maximum atomic E-state index is 14.1. The molecule has 7 aliphatic rings. The average molecular weight is 555 g/mol. The Balaban J connectivity index is 0.965. The van der Waals surface area contributed by atoms with E-state index in [1.165, 1.54) is 22.3 Å². The largest absolute Gasteiger partial charge is 0.462 e. The third kappa shape index (κ3) is 3.53. The highest BCUT2D eigenvalue weighted by atomic mass is 16.5. The summed E-state index contributed by atoms with van der Waals surface area (Å²) in [5.41, 5.74) is 4.83. The number of hydrogen-bond acceptors (Lipinski definition) is 4. The Kier molecular flexibility index (Phi) is 5.31. The first-order valence-corrected chi connectivity index (χ1v) is 15.7. The van der Waals surface area contributed by atoms with Crippen LogP contribution in [0.15, 0.2) is 91.0 Å². The molecule has 7 aliphatic carbocycles. The van der Waals surface area contributed by atoms with E-state index in [0.29, 0.717) is 11.7 Å². The highest BCUT2D eigenvalue weighted by Gasteiger charge is 2.61. The second kappa shape index (κ2) is 9.04. The number of carbonyl (C=O) groups is 2. The SMILES string of the molecule is O=C(OC1C2CC3CC1CC(C(=O)Oc1cccc4ccccc14)(C3)C2)C1CC2c3ccccc3C1c1ccccc12. The molecule has 0 spiro atoms. The van der Waals surface area contributed by atoms with Crippen molar-refractivity contribution >= 4 is 22.7 Å². The topological polar surface area (TPSA) is 52.6 Å². The molecule has 3 atom stereocenters. The van der Waals surface area contributed by atoms with E-state index in [1.807, 2.05) is 42.5 Å². The lowest BCUT2D eigenvalue weighted by Gasteiger charge is -2.58. The fraction of sp³-hybridized carbons (Fsp3) is 0.368. The molecule has 42 heavy (non-hydrogen) atoms. The highest BCUT2D eigenvalue weighted by molar-refractivity contribution is 5.91. The number of fused-ring (bicyclic) bond motifs is 2. The number of esters is 2. The zero-order valence-corrected chi connectivity index (χ0v) is 23.6. The molecule has 11 rings (SSSR count). The van der Waals surface area contributed by atoms with Crippen LogP contribution in [-0.2, 0) is 14.3 Å². The first-order chi connectivity index (χ1) is 20.6. The fourth-order valence-corrected chi connectivity index (χ4v) is 10.0. The van der Waals surface area contributed by atoms with Gasteiger partial charge in [-0.1, -0.05) is 84.9 Å². The van der Waals surface area contributed by atoms with E-state index in [2.05, 4.69) is 48.5 Å². The van der Waals surface area contributed by atoms with Gasteiger partial charge in [0.05, 0.1) is 11.3 Å². The van der Waals surface area contributed by atoms with Crippen LogP contribution in [0.4, 0.5) is 0 Å². The van der Waals surface area contributed by atoms with E-state index >= 15 is 0 Å². The molecule has 0 aliphatic heterocycles. The summed E-state index contributed by atoms with van der Waals surface area (Å²) in [7, 11) is 0. The average Bonchev–Trinajstić information content (AvgIpc) is 3.02. The summed E-state index contributed by atoms with van der Waals surface area (Å²) >= 11 is 0. The van der Waals surface area contributed by atoms with Crippen molar-refractivity contribution in [1.29, 1.82) is 0 Å². The lowest BCUT2D eigenvalue weighted by atomic mass is 9.48. The van der Waals surface area contributed by atoms with Crippen LogP contribution in [0.1, 0.15) is 72.6 Å². The summed E-state index contributed by atoms with van der Waals surface area (Å²) in [4.78, 5) is 27.9. The Morgan fingerprint density at radius 1 is 0.667 bits per heavy atom. The van der Waals surface area contributed by atoms with Crippen LogP contribution >= 0.6 is 0 Å². The molecular weight excluding hydrogens is 520 g/mol. The third-order valence-electron chi connectivity index (χ3n) is 11.4. The van der Waals surface area contributed by atoms with Gasteiger partial charge in [0.2, 0.25) is 0 Å². The predicted molar refractivity (Wildman–Crippen MR) is 160 cm³/mol. The van der Waals surface area contributed by atoms with Crippen molar-refractivity contribution in [3.8, 4) is 5.75 Å². The molecule has 0 saturated heterocycles. The van der Waals surface area contributed by atoms with Crippen LogP contribution < -0.4 is 4.74 Å². The molecule has 6 bridgehead atoms. The maximum absolute atomic E-state index is 14.1. The van der Waals surface area contributed by atoms with Gasteiger partial charge in [-0.25, -0.2) is 0 Å². The molecule has 0 amide bonds. The van der Waals surface area contributed by atoms with Crippen molar-refractivity contribution in [3.05, 3.63) is 113 Å². The Bertz CT molecular complexity index is 1690. The molecule has 4 saturated carbocycles. The Morgan fingerprint density at radius 3 is 2.00 bits per heavy atom. The van der Waals surface area contributed by atoms with Gasteiger partial charge in [0.15, 0.2) is 0 Å². The molecule has 4 fully saturated rings. The second-order valence-corrected chi connectivity index (χ2v) is 13.6. The van der Waals surface area contributed by atoms with E-state index in [0.717, 1.165) is 49.3 Å². The molecule has 210 valence electrons. The van der Waals surface area contributed by atoms with Gasteiger partial charge in [-0.2, -0.15) is 0 Å². The normalized spacial score (nSPS) is 33.2. The molecule has 4 aromatic rings. The van der Waals surface area contributed by atoms with Crippen molar-refractivity contribution in [3.63, 3.8) is 0 Å². The van der Waals surface area contributed by atoms with Crippen LogP contribution in [0.2, 0.25) is 0 Å². The Hall–Kier alpha value is -3.92. The first kappa shape index (κ1) is 24.7. The van der Waals surface area contributed by atoms with Gasteiger partial charge in [0.1, 0.15) is 11.9 Å². The Labute approximate surface area is 246 Å². The van der Waals surface area contributed by atoms with Crippen molar-refractivity contribution in [2.24, 2.45) is 29.1 Å².